The van der Waals surface area contributed by atoms with Crippen molar-refractivity contribution in [3.63, 3.8) is 0 Å². The van der Waals surface area contributed by atoms with Crippen LogP contribution in [0.25, 0.3) is 0 Å². The van der Waals surface area contributed by atoms with Crippen molar-refractivity contribution in [2.24, 2.45) is 0 Å². The molecule has 0 unspecified atom stereocenters. The highest BCUT2D eigenvalue weighted by atomic mass is 16.5. The van der Waals surface area contributed by atoms with Crippen molar-refractivity contribution in [2.75, 3.05) is 30.1 Å². The Morgan fingerprint density at radius 3 is 2.37 bits per heavy atom. The fourth-order valence-corrected chi connectivity index (χ4v) is 4.44. The third-order valence-corrected chi connectivity index (χ3v) is 6.17. The number of rotatable bonds is 5. The summed E-state index contributed by atoms with van der Waals surface area (Å²) in [5, 5.41) is 0. The third-order valence-electron chi connectivity index (χ3n) is 6.17. The Labute approximate surface area is 201 Å². The van der Waals surface area contributed by atoms with Crippen LogP contribution in [-0.4, -0.2) is 44.0 Å². The molecule has 0 saturated carbocycles. The van der Waals surface area contributed by atoms with Crippen LogP contribution in [0.3, 0.4) is 0 Å². The van der Waals surface area contributed by atoms with Crippen LogP contribution in [0.2, 0.25) is 0 Å². The maximum Gasteiger partial charge on any atom is 0.338 e. The number of carbonyl (C=O) groups excluding carboxylic acids is 4. The van der Waals surface area contributed by atoms with Gasteiger partial charge in [-0.05, 0) is 66.9 Å². The topological polar surface area (TPSA) is 93.2 Å². The number of esters is 1. The molecule has 3 amide bonds. The minimum atomic E-state index is -0.719. The Kier molecular flexibility index (Phi) is 5.78. The molecule has 5 rings (SSSR count). The molecule has 2 aliphatic heterocycles. The predicted molar refractivity (Wildman–Crippen MR) is 128 cm³/mol. The summed E-state index contributed by atoms with van der Waals surface area (Å²) in [4.78, 5) is 53.7. The highest BCUT2D eigenvalue weighted by Gasteiger charge is 2.36. The van der Waals surface area contributed by atoms with Gasteiger partial charge in [0.1, 0.15) is 5.75 Å². The Balaban J connectivity index is 1.28. The number of fused-ring (bicyclic) bond motifs is 2. The SMILES string of the molecule is COc1ccc2c(c1)CCCN2C(=O)COC(=O)c1cccc(N2C(=O)c3ccccc3C2=O)c1. The molecule has 0 radical (unpaired) electrons. The first-order valence-corrected chi connectivity index (χ1v) is 11.2. The average Bonchev–Trinajstić information content (AvgIpc) is 3.16. The Hall–Kier alpha value is -4.46. The van der Waals surface area contributed by atoms with Gasteiger partial charge in [0, 0.05) is 12.2 Å². The lowest BCUT2D eigenvalue weighted by Crippen LogP contribution is -2.38. The van der Waals surface area contributed by atoms with Gasteiger partial charge in [-0.15, -0.1) is 0 Å². The number of hydrogen-bond donors (Lipinski definition) is 0. The highest BCUT2D eigenvalue weighted by Crippen LogP contribution is 2.31. The van der Waals surface area contributed by atoms with Crippen molar-refractivity contribution in [3.8, 4) is 5.75 Å². The van der Waals surface area contributed by atoms with Gasteiger partial charge in [0.25, 0.3) is 17.7 Å². The summed E-state index contributed by atoms with van der Waals surface area (Å²) in [6, 6.07) is 18.2. The number of methoxy groups -OCH3 is 1. The van der Waals surface area contributed by atoms with Crippen LogP contribution in [-0.2, 0) is 16.0 Å². The fourth-order valence-electron chi connectivity index (χ4n) is 4.44. The zero-order valence-corrected chi connectivity index (χ0v) is 19.0. The van der Waals surface area contributed by atoms with Crippen molar-refractivity contribution < 1.29 is 28.7 Å². The Morgan fingerprint density at radius 2 is 1.66 bits per heavy atom. The van der Waals surface area contributed by atoms with Crippen molar-refractivity contribution in [2.45, 2.75) is 12.8 Å². The zero-order chi connectivity index (χ0) is 24.5. The molecule has 0 atom stereocenters. The number of anilines is 2. The molecule has 3 aromatic rings. The summed E-state index contributed by atoms with van der Waals surface area (Å²) in [7, 11) is 1.59. The quantitative estimate of drug-likeness (QED) is 0.418. The minimum Gasteiger partial charge on any atom is -0.497 e. The number of aryl methyl sites for hydroxylation is 1. The summed E-state index contributed by atoms with van der Waals surface area (Å²) >= 11 is 0. The van der Waals surface area contributed by atoms with E-state index >= 15 is 0 Å². The monoisotopic (exact) mass is 470 g/mol. The van der Waals surface area contributed by atoms with E-state index in [9.17, 15) is 19.2 Å². The molecule has 0 saturated heterocycles. The largest absolute Gasteiger partial charge is 0.497 e. The van der Waals surface area contributed by atoms with Gasteiger partial charge < -0.3 is 14.4 Å². The van der Waals surface area contributed by atoms with Crippen LogP contribution in [0, 0.1) is 0 Å². The molecular weight excluding hydrogens is 448 g/mol. The van der Waals surface area contributed by atoms with Crippen LogP contribution < -0.4 is 14.5 Å². The fraction of sp³-hybridized carbons (Fsp3) is 0.185. The van der Waals surface area contributed by atoms with E-state index in [1.54, 1.807) is 54.5 Å². The van der Waals surface area contributed by atoms with Crippen LogP contribution >= 0.6 is 0 Å². The number of benzene rings is 3. The lowest BCUT2D eigenvalue weighted by Gasteiger charge is -2.29. The second-order valence-corrected chi connectivity index (χ2v) is 8.26. The molecule has 0 N–H and O–H groups in total. The predicted octanol–water partition coefficient (Wildman–Crippen LogP) is 3.63. The highest BCUT2D eigenvalue weighted by molar-refractivity contribution is 6.34. The first-order chi connectivity index (χ1) is 17.0. The molecule has 176 valence electrons. The smallest absolute Gasteiger partial charge is 0.338 e. The maximum absolute atomic E-state index is 12.9. The molecule has 0 aromatic heterocycles. The minimum absolute atomic E-state index is 0.135. The van der Waals surface area contributed by atoms with Gasteiger partial charge in [-0.2, -0.15) is 0 Å². The van der Waals surface area contributed by atoms with E-state index in [2.05, 4.69) is 0 Å². The summed E-state index contributed by atoms with van der Waals surface area (Å²) in [5.41, 5.74) is 2.81. The van der Waals surface area contributed by atoms with Gasteiger partial charge in [0.05, 0.1) is 29.5 Å². The Morgan fingerprint density at radius 1 is 0.914 bits per heavy atom. The summed E-state index contributed by atoms with van der Waals surface area (Å²) in [6.45, 7) is 0.104. The molecule has 2 aliphatic rings. The molecule has 8 heteroatoms. The van der Waals surface area contributed by atoms with Crippen molar-refractivity contribution in [1.29, 1.82) is 0 Å². The van der Waals surface area contributed by atoms with Crippen molar-refractivity contribution in [1.82, 2.24) is 0 Å². The van der Waals surface area contributed by atoms with E-state index in [0.29, 0.717) is 17.7 Å². The molecule has 35 heavy (non-hydrogen) atoms. The molecule has 2 heterocycles. The van der Waals surface area contributed by atoms with Gasteiger partial charge in [0.15, 0.2) is 6.61 Å². The van der Waals surface area contributed by atoms with Crippen molar-refractivity contribution in [3.05, 3.63) is 89.0 Å². The van der Waals surface area contributed by atoms with Crippen LogP contribution in [0.4, 0.5) is 11.4 Å². The van der Waals surface area contributed by atoms with Gasteiger partial charge >= 0.3 is 5.97 Å². The van der Waals surface area contributed by atoms with E-state index in [-0.39, 0.29) is 17.2 Å². The number of amides is 3. The molecule has 3 aromatic carbocycles. The normalized spacial score (nSPS) is 14.4. The summed E-state index contributed by atoms with van der Waals surface area (Å²) in [5.74, 6) is -1.23. The maximum atomic E-state index is 12.9. The molecule has 0 bridgehead atoms. The van der Waals surface area contributed by atoms with E-state index in [4.69, 9.17) is 9.47 Å². The van der Waals surface area contributed by atoms with E-state index in [1.807, 2.05) is 12.1 Å². The third kappa shape index (κ3) is 4.03. The average molecular weight is 470 g/mol. The number of hydrogen-bond acceptors (Lipinski definition) is 6. The standard InChI is InChI=1S/C27H22N2O6/c1-34-20-11-12-23-17(15-20)7-5-13-28(23)24(30)16-35-27(33)18-6-4-8-19(14-18)29-25(31)21-9-2-3-10-22(21)26(29)32/h2-4,6,8-12,14-15H,5,7,13,16H2,1H3. The van der Waals surface area contributed by atoms with Gasteiger partial charge in [-0.1, -0.05) is 18.2 Å². The molecule has 0 spiro atoms. The second-order valence-electron chi connectivity index (χ2n) is 8.26. The number of nitrogens with zero attached hydrogens (tertiary/aromatic N) is 2. The lowest BCUT2D eigenvalue weighted by atomic mass is 10.0. The van der Waals surface area contributed by atoms with E-state index in [0.717, 1.165) is 34.7 Å². The van der Waals surface area contributed by atoms with Gasteiger partial charge in [-0.25, -0.2) is 9.69 Å². The van der Waals surface area contributed by atoms with Crippen molar-refractivity contribution >= 4 is 35.1 Å². The van der Waals surface area contributed by atoms with Crippen LogP contribution in [0.1, 0.15) is 43.1 Å². The van der Waals surface area contributed by atoms with Gasteiger partial charge in [0.2, 0.25) is 0 Å². The first-order valence-electron chi connectivity index (χ1n) is 11.2. The van der Waals surface area contributed by atoms with Gasteiger partial charge in [-0.3, -0.25) is 14.4 Å². The zero-order valence-electron chi connectivity index (χ0n) is 19.0. The first kappa shape index (κ1) is 22.3. The van der Waals surface area contributed by atoms with Crippen LogP contribution in [0.15, 0.2) is 66.7 Å². The lowest BCUT2D eigenvalue weighted by molar-refractivity contribution is -0.121. The molecule has 0 fully saturated rings. The number of carbonyl (C=O) groups is 4. The molecular formula is C27H22N2O6. The number of ether oxygens (including phenoxy) is 2. The summed E-state index contributed by atoms with van der Waals surface area (Å²) < 4.78 is 10.6. The van der Waals surface area contributed by atoms with Crippen LogP contribution in [0.5, 0.6) is 5.75 Å². The molecule has 8 nitrogen and oxygen atoms in total. The Bertz CT molecular complexity index is 1330. The number of imide groups is 1. The van der Waals surface area contributed by atoms with E-state index < -0.39 is 24.4 Å². The van der Waals surface area contributed by atoms with E-state index in [1.165, 1.54) is 12.1 Å². The second kappa shape index (κ2) is 9.06. The molecule has 0 aliphatic carbocycles. The summed E-state index contributed by atoms with van der Waals surface area (Å²) in [6.07, 6.45) is 1.63.